The van der Waals surface area contributed by atoms with Crippen LogP contribution in [0.4, 0.5) is 4.39 Å². The standard InChI is InChI=1S/C16H14FNO3S2/c1-11-8-13(17)2-5-16(11)23(19,20)18-9-14-3-4-15(21-14)12-6-7-22-10-12/h2-8,10,18H,9H2,1H3. The summed E-state index contributed by atoms with van der Waals surface area (Å²) >= 11 is 1.56. The number of aryl methyl sites for hydroxylation is 1. The average Bonchev–Trinajstić information content (AvgIpc) is 3.16. The molecule has 0 unspecified atom stereocenters. The van der Waals surface area contributed by atoms with Gasteiger partial charge in [-0.1, -0.05) is 0 Å². The zero-order valence-electron chi connectivity index (χ0n) is 12.2. The molecule has 4 nitrogen and oxygen atoms in total. The van der Waals surface area contributed by atoms with E-state index in [-0.39, 0.29) is 11.4 Å². The second-order valence-corrected chi connectivity index (χ2v) is 7.53. The molecule has 0 aliphatic heterocycles. The predicted octanol–water partition coefficient (Wildman–Crippen LogP) is 3.93. The average molecular weight is 351 g/mol. The van der Waals surface area contributed by atoms with Gasteiger partial charge >= 0.3 is 0 Å². The van der Waals surface area contributed by atoms with Crippen LogP contribution in [0.3, 0.4) is 0 Å². The van der Waals surface area contributed by atoms with E-state index in [0.29, 0.717) is 17.1 Å². The van der Waals surface area contributed by atoms with Crippen molar-refractivity contribution in [2.75, 3.05) is 0 Å². The van der Waals surface area contributed by atoms with Crippen molar-refractivity contribution in [3.8, 4) is 11.3 Å². The van der Waals surface area contributed by atoms with E-state index in [0.717, 1.165) is 11.6 Å². The van der Waals surface area contributed by atoms with Gasteiger partial charge in [-0.2, -0.15) is 11.3 Å². The van der Waals surface area contributed by atoms with E-state index in [1.54, 1.807) is 30.4 Å². The molecule has 7 heteroatoms. The van der Waals surface area contributed by atoms with Crippen LogP contribution in [-0.4, -0.2) is 8.42 Å². The fourth-order valence-electron chi connectivity index (χ4n) is 2.19. The molecule has 0 saturated heterocycles. The predicted molar refractivity (Wildman–Crippen MR) is 87.2 cm³/mol. The summed E-state index contributed by atoms with van der Waals surface area (Å²) in [5.41, 5.74) is 1.31. The van der Waals surface area contributed by atoms with Crippen LogP contribution < -0.4 is 4.72 Å². The number of benzene rings is 1. The van der Waals surface area contributed by atoms with Crippen molar-refractivity contribution in [3.63, 3.8) is 0 Å². The molecular formula is C16H14FNO3S2. The second kappa shape index (κ2) is 6.27. The Morgan fingerprint density at radius 1 is 1.22 bits per heavy atom. The van der Waals surface area contributed by atoms with E-state index in [2.05, 4.69) is 4.72 Å². The SMILES string of the molecule is Cc1cc(F)ccc1S(=O)(=O)NCc1ccc(-c2ccsc2)o1. The molecule has 0 atom stereocenters. The van der Waals surface area contributed by atoms with Crippen molar-refractivity contribution in [1.29, 1.82) is 0 Å². The van der Waals surface area contributed by atoms with Gasteiger partial charge in [-0.15, -0.1) is 0 Å². The molecule has 0 aliphatic rings. The molecule has 0 fully saturated rings. The summed E-state index contributed by atoms with van der Waals surface area (Å²) in [5, 5.41) is 3.90. The van der Waals surface area contributed by atoms with Crippen molar-refractivity contribution in [2.45, 2.75) is 18.4 Å². The van der Waals surface area contributed by atoms with Gasteiger partial charge in [0.25, 0.3) is 0 Å². The van der Waals surface area contributed by atoms with Crippen molar-refractivity contribution < 1.29 is 17.2 Å². The molecule has 0 radical (unpaired) electrons. The summed E-state index contributed by atoms with van der Waals surface area (Å²) in [6, 6.07) is 9.03. The Kier molecular flexibility index (Phi) is 4.34. The van der Waals surface area contributed by atoms with Crippen molar-refractivity contribution in [1.82, 2.24) is 4.72 Å². The van der Waals surface area contributed by atoms with Crippen LogP contribution in [0.5, 0.6) is 0 Å². The van der Waals surface area contributed by atoms with Crippen molar-refractivity contribution >= 4 is 21.4 Å². The Morgan fingerprint density at radius 3 is 2.74 bits per heavy atom. The van der Waals surface area contributed by atoms with Crippen LogP contribution >= 0.6 is 11.3 Å². The lowest BCUT2D eigenvalue weighted by atomic mass is 10.2. The monoisotopic (exact) mass is 351 g/mol. The molecule has 120 valence electrons. The summed E-state index contributed by atoms with van der Waals surface area (Å²) in [6.45, 7) is 1.59. The lowest BCUT2D eigenvalue weighted by Gasteiger charge is -2.08. The first kappa shape index (κ1) is 15.9. The number of thiophene rings is 1. The van der Waals surface area contributed by atoms with Gasteiger partial charge in [-0.05, 0) is 54.3 Å². The number of hydrogen-bond donors (Lipinski definition) is 1. The third-order valence-corrected chi connectivity index (χ3v) is 5.57. The van der Waals surface area contributed by atoms with Crippen LogP contribution in [-0.2, 0) is 16.6 Å². The van der Waals surface area contributed by atoms with E-state index in [4.69, 9.17) is 4.42 Å². The van der Waals surface area contributed by atoms with Gasteiger partial charge in [0.1, 0.15) is 17.3 Å². The van der Waals surface area contributed by atoms with Gasteiger partial charge < -0.3 is 4.42 Å². The molecule has 23 heavy (non-hydrogen) atoms. The molecule has 0 aliphatic carbocycles. The van der Waals surface area contributed by atoms with Crippen LogP contribution in [0.1, 0.15) is 11.3 Å². The third-order valence-electron chi connectivity index (χ3n) is 3.33. The lowest BCUT2D eigenvalue weighted by Crippen LogP contribution is -2.23. The minimum Gasteiger partial charge on any atom is -0.460 e. The largest absolute Gasteiger partial charge is 0.460 e. The zero-order chi connectivity index (χ0) is 16.4. The van der Waals surface area contributed by atoms with E-state index in [1.807, 2.05) is 16.8 Å². The van der Waals surface area contributed by atoms with Gasteiger partial charge in [-0.25, -0.2) is 17.5 Å². The summed E-state index contributed by atoms with van der Waals surface area (Å²) in [7, 11) is -3.73. The third kappa shape index (κ3) is 3.52. The molecule has 1 aromatic carbocycles. The fourth-order valence-corrected chi connectivity index (χ4v) is 4.05. The summed E-state index contributed by atoms with van der Waals surface area (Å²) < 4.78 is 45.8. The number of halogens is 1. The molecule has 2 heterocycles. The highest BCUT2D eigenvalue weighted by molar-refractivity contribution is 7.89. The molecule has 2 aromatic heterocycles. The van der Waals surface area contributed by atoms with E-state index < -0.39 is 15.8 Å². The molecular weight excluding hydrogens is 337 g/mol. The molecule has 3 aromatic rings. The minimum absolute atomic E-state index is 0.0310. The van der Waals surface area contributed by atoms with Crippen LogP contribution in [0.25, 0.3) is 11.3 Å². The highest BCUT2D eigenvalue weighted by atomic mass is 32.2. The van der Waals surface area contributed by atoms with Crippen molar-refractivity contribution in [2.24, 2.45) is 0 Å². The molecule has 1 N–H and O–H groups in total. The molecule has 0 amide bonds. The first-order valence-electron chi connectivity index (χ1n) is 6.83. The quantitative estimate of drug-likeness (QED) is 0.757. The normalized spacial score (nSPS) is 11.7. The van der Waals surface area contributed by atoms with Gasteiger partial charge in [0, 0.05) is 10.9 Å². The number of sulfonamides is 1. The second-order valence-electron chi connectivity index (χ2n) is 5.01. The van der Waals surface area contributed by atoms with Crippen LogP contribution in [0.15, 0.2) is 56.5 Å². The number of nitrogens with one attached hydrogen (secondary N) is 1. The highest BCUT2D eigenvalue weighted by Crippen LogP contribution is 2.24. The maximum atomic E-state index is 13.1. The number of rotatable bonds is 5. The molecule has 0 bridgehead atoms. The maximum Gasteiger partial charge on any atom is 0.241 e. The summed E-state index contributed by atoms with van der Waals surface area (Å²) in [5.74, 6) is 0.737. The van der Waals surface area contributed by atoms with Crippen molar-refractivity contribution in [3.05, 3.63) is 64.3 Å². The molecule has 0 saturated carbocycles. The Morgan fingerprint density at radius 2 is 2.04 bits per heavy atom. The van der Waals surface area contributed by atoms with Gasteiger partial charge in [0.2, 0.25) is 10.0 Å². The lowest BCUT2D eigenvalue weighted by molar-refractivity contribution is 0.509. The summed E-state index contributed by atoms with van der Waals surface area (Å²) in [6.07, 6.45) is 0. The number of hydrogen-bond acceptors (Lipinski definition) is 4. The molecule has 3 rings (SSSR count). The van der Waals surface area contributed by atoms with Gasteiger partial charge in [0.15, 0.2) is 0 Å². The van der Waals surface area contributed by atoms with Crippen LogP contribution in [0.2, 0.25) is 0 Å². The fraction of sp³-hybridized carbons (Fsp3) is 0.125. The minimum atomic E-state index is -3.73. The smallest absolute Gasteiger partial charge is 0.241 e. The topological polar surface area (TPSA) is 59.3 Å². The van der Waals surface area contributed by atoms with E-state index in [1.165, 1.54) is 12.1 Å². The summed E-state index contributed by atoms with van der Waals surface area (Å²) in [4.78, 5) is 0.0588. The Bertz CT molecular complexity index is 915. The Labute approximate surface area is 137 Å². The van der Waals surface area contributed by atoms with E-state index in [9.17, 15) is 12.8 Å². The van der Waals surface area contributed by atoms with Gasteiger partial charge in [-0.3, -0.25) is 0 Å². The Balaban J connectivity index is 1.75. The van der Waals surface area contributed by atoms with Crippen LogP contribution in [0, 0.1) is 12.7 Å². The molecule has 0 spiro atoms. The van der Waals surface area contributed by atoms with E-state index >= 15 is 0 Å². The number of furan rings is 1. The first-order valence-corrected chi connectivity index (χ1v) is 9.25. The zero-order valence-corrected chi connectivity index (χ0v) is 13.9. The maximum absolute atomic E-state index is 13.1. The first-order chi connectivity index (χ1) is 11.0. The highest BCUT2D eigenvalue weighted by Gasteiger charge is 2.17. The van der Waals surface area contributed by atoms with Gasteiger partial charge in [0.05, 0.1) is 11.4 Å². The Hall–Kier alpha value is -1.96.